The number of esters is 2. The van der Waals surface area contributed by atoms with E-state index in [-0.39, 0.29) is 33.3 Å². The van der Waals surface area contributed by atoms with E-state index in [1.54, 1.807) is 0 Å². The molecule has 4 N–H and O–H groups in total. The molecule has 2 aromatic carbocycles. The van der Waals surface area contributed by atoms with Crippen LogP contribution in [0.2, 0.25) is 0 Å². The number of benzene rings is 2. The zero-order valence-electron chi connectivity index (χ0n) is 12.9. The highest BCUT2D eigenvalue weighted by Crippen LogP contribution is 2.35. The van der Waals surface area contributed by atoms with Gasteiger partial charge in [-0.05, 0) is 56.1 Å². The molecule has 0 heterocycles. The van der Waals surface area contributed by atoms with Gasteiger partial charge in [0.15, 0.2) is 23.0 Å². The minimum Gasteiger partial charge on any atom is -0.504 e. The molecule has 10 heteroatoms. The Morgan fingerprint density at radius 3 is 1.38 bits per heavy atom. The van der Waals surface area contributed by atoms with Crippen LogP contribution in [0.3, 0.4) is 0 Å². The molecule has 0 fully saturated rings. The molecular formula is C16H12Br2O8. The second kappa shape index (κ2) is 8.28. The van der Waals surface area contributed by atoms with Gasteiger partial charge >= 0.3 is 11.9 Å². The number of halogens is 2. The minimum atomic E-state index is -0.790. The fraction of sp³-hybridized carbons (Fsp3) is 0.125. The Bertz CT molecular complexity index is 748. The van der Waals surface area contributed by atoms with Gasteiger partial charge < -0.3 is 29.9 Å². The van der Waals surface area contributed by atoms with Crippen molar-refractivity contribution in [3.05, 3.63) is 44.3 Å². The lowest BCUT2D eigenvalue weighted by molar-refractivity contribution is 0.0265. The maximum absolute atomic E-state index is 11.9. The molecular weight excluding hydrogens is 480 g/mol. The molecule has 0 saturated heterocycles. The highest BCUT2D eigenvalue weighted by molar-refractivity contribution is 9.10. The van der Waals surface area contributed by atoms with Crippen molar-refractivity contribution in [1.29, 1.82) is 0 Å². The van der Waals surface area contributed by atoms with E-state index in [1.807, 2.05) is 0 Å². The summed E-state index contributed by atoms with van der Waals surface area (Å²) in [5.41, 5.74) is -0.0169. The molecule has 0 unspecified atom stereocenters. The monoisotopic (exact) mass is 490 g/mol. The quantitative estimate of drug-likeness (QED) is 0.285. The van der Waals surface area contributed by atoms with Crippen LogP contribution >= 0.6 is 31.9 Å². The summed E-state index contributed by atoms with van der Waals surface area (Å²) in [6, 6.07) is 4.59. The lowest BCUT2D eigenvalue weighted by Crippen LogP contribution is -2.14. The Morgan fingerprint density at radius 1 is 0.731 bits per heavy atom. The molecule has 0 aliphatic heterocycles. The summed E-state index contributed by atoms with van der Waals surface area (Å²) < 4.78 is 10.0. The Morgan fingerprint density at radius 2 is 1.08 bits per heavy atom. The number of hydrogen-bond acceptors (Lipinski definition) is 8. The molecule has 2 rings (SSSR count). The largest absolute Gasteiger partial charge is 0.504 e. The number of phenolic OH excluding ortho intramolecular Hbond substituents is 4. The lowest BCUT2D eigenvalue weighted by Gasteiger charge is -2.09. The van der Waals surface area contributed by atoms with Crippen LogP contribution in [0.15, 0.2) is 33.2 Å². The summed E-state index contributed by atoms with van der Waals surface area (Å²) in [5.74, 6) is -3.37. The third kappa shape index (κ3) is 4.58. The predicted molar refractivity (Wildman–Crippen MR) is 95.5 cm³/mol. The van der Waals surface area contributed by atoms with Crippen LogP contribution in [0.5, 0.6) is 23.0 Å². The normalized spacial score (nSPS) is 10.4. The topological polar surface area (TPSA) is 134 Å². The first-order chi connectivity index (χ1) is 12.2. The molecule has 0 atom stereocenters. The molecule has 0 spiro atoms. The minimum absolute atomic E-state index is 0.00844. The highest BCUT2D eigenvalue weighted by Gasteiger charge is 2.16. The van der Waals surface area contributed by atoms with E-state index in [0.29, 0.717) is 0 Å². The summed E-state index contributed by atoms with van der Waals surface area (Å²) >= 11 is 5.96. The van der Waals surface area contributed by atoms with Crippen LogP contribution in [0.1, 0.15) is 20.7 Å². The molecule has 0 bridgehead atoms. The van der Waals surface area contributed by atoms with Gasteiger partial charge in [0.1, 0.15) is 13.2 Å². The van der Waals surface area contributed by atoms with Crippen LogP contribution in [0.25, 0.3) is 0 Å². The number of rotatable bonds is 5. The summed E-state index contributed by atoms with van der Waals surface area (Å²) in [5, 5.41) is 37.7. The van der Waals surface area contributed by atoms with Crippen molar-refractivity contribution in [2.75, 3.05) is 13.2 Å². The zero-order valence-corrected chi connectivity index (χ0v) is 16.1. The van der Waals surface area contributed by atoms with E-state index in [0.717, 1.165) is 12.1 Å². The molecule has 0 amide bonds. The maximum atomic E-state index is 11.9. The first-order valence-electron chi connectivity index (χ1n) is 6.98. The Hall–Kier alpha value is -2.46. The van der Waals surface area contributed by atoms with E-state index in [9.17, 15) is 30.0 Å². The summed E-state index contributed by atoms with van der Waals surface area (Å²) in [4.78, 5) is 23.7. The third-order valence-corrected chi connectivity index (χ3v) is 4.32. The van der Waals surface area contributed by atoms with Crippen molar-refractivity contribution in [2.45, 2.75) is 0 Å². The number of ether oxygens (including phenoxy) is 2. The number of carbonyl (C=O) groups is 2. The first kappa shape index (κ1) is 19.9. The van der Waals surface area contributed by atoms with Gasteiger partial charge in [0, 0.05) is 0 Å². The number of aromatic hydroxyl groups is 4. The average molecular weight is 492 g/mol. The molecule has 26 heavy (non-hydrogen) atoms. The zero-order chi connectivity index (χ0) is 19.4. The van der Waals surface area contributed by atoms with Gasteiger partial charge in [-0.1, -0.05) is 0 Å². The SMILES string of the molecule is O=C(OCCOC(=O)c1cc(O)c(O)c(Br)c1)c1cc(O)c(O)c(Br)c1. The van der Waals surface area contributed by atoms with Crippen LogP contribution in [-0.4, -0.2) is 45.6 Å². The summed E-state index contributed by atoms with van der Waals surface area (Å²) in [6.45, 7) is -0.510. The molecule has 0 aliphatic carbocycles. The van der Waals surface area contributed by atoms with Gasteiger partial charge in [-0.3, -0.25) is 0 Å². The average Bonchev–Trinajstić information content (AvgIpc) is 2.59. The molecule has 0 radical (unpaired) electrons. The fourth-order valence-corrected chi connectivity index (χ4v) is 2.74. The molecule has 8 nitrogen and oxygen atoms in total. The summed E-state index contributed by atoms with van der Waals surface area (Å²) in [6.07, 6.45) is 0. The predicted octanol–water partition coefficient (Wildman–Crippen LogP) is 3.05. The number of carbonyl (C=O) groups excluding carboxylic acids is 2. The van der Waals surface area contributed by atoms with Gasteiger partial charge in [-0.25, -0.2) is 9.59 Å². The van der Waals surface area contributed by atoms with Gasteiger partial charge in [0.05, 0.1) is 20.1 Å². The second-order valence-corrected chi connectivity index (χ2v) is 6.63. The molecule has 0 aromatic heterocycles. The fourth-order valence-electron chi connectivity index (χ4n) is 1.84. The first-order valence-corrected chi connectivity index (χ1v) is 8.56. The number of hydrogen-bond donors (Lipinski definition) is 4. The van der Waals surface area contributed by atoms with Crippen molar-refractivity contribution < 1.29 is 39.5 Å². The lowest BCUT2D eigenvalue weighted by atomic mass is 10.2. The molecule has 138 valence electrons. The van der Waals surface area contributed by atoms with Crippen LogP contribution < -0.4 is 0 Å². The van der Waals surface area contributed by atoms with E-state index in [4.69, 9.17) is 9.47 Å². The van der Waals surface area contributed by atoms with Crippen molar-refractivity contribution in [3.8, 4) is 23.0 Å². The van der Waals surface area contributed by atoms with Crippen molar-refractivity contribution in [3.63, 3.8) is 0 Å². The van der Waals surface area contributed by atoms with Gasteiger partial charge in [0.2, 0.25) is 0 Å². The van der Waals surface area contributed by atoms with Gasteiger partial charge in [-0.15, -0.1) is 0 Å². The van der Waals surface area contributed by atoms with E-state index < -0.39 is 34.9 Å². The van der Waals surface area contributed by atoms with Crippen molar-refractivity contribution in [2.24, 2.45) is 0 Å². The standard InChI is InChI=1S/C16H12Br2O8/c17-9-3-7(5-11(19)13(9)21)15(23)25-1-2-26-16(24)8-4-10(18)14(22)12(20)6-8/h3-6,19-22H,1-2H2. The Labute approximate surface area is 163 Å². The number of phenols is 4. The van der Waals surface area contributed by atoms with Crippen molar-refractivity contribution >= 4 is 43.8 Å². The van der Waals surface area contributed by atoms with Crippen LogP contribution in [-0.2, 0) is 9.47 Å². The van der Waals surface area contributed by atoms with Crippen LogP contribution in [0, 0.1) is 0 Å². The Balaban J connectivity index is 1.88. The van der Waals surface area contributed by atoms with E-state index in [1.165, 1.54) is 12.1 Å². The summed E-state index contributed by atoms with van der Waals surface area (Å²) in [7, 11) is 0. The molecule has 2 aromatic rings. The third-order valence-electron chi connectivity index (χ3n) is 3.11. The van der Waals surface area contributed by atoms with Crippen molar-refractivity contribution in [1.82, 2.24) is 0 Å². The Kier molecular flexibility index (Phi) is 6.32. The highest BCUT2D eigenvalue weighted by atomic mass is 79.9. The maximum Gasteiger partial charge on any atom is 0.338 e. The molecule has 0 aliphatic rings. The molecule has 0 saturated carbocycles. The van der Waals surface area contributed by atoms with Gasteiger partial charge in [0.25, 0.3) is 0 Å². The van der Waals surface area contributed by atoms with E-state index >= 15 is 0 Å². The smallest absolute Gasteiger partial charge is 0.338 e. The van der Waals surface area contributed by atoms with E-state index in [2.05, 4.69) is 31.9 Å². The van der Waals surface area contributed by atoms with Gasteiger partial charge in [-0.2, -0.15) is 0 Å². The van der Waals surface area contributed by atoms with Crippen LogP contribution in [0.4, 0.5) is 0 Å². The second-order valence-electron chi connectivity index (χ2n) is 4.92.